The molecule has 2 rings (SSSR count). The number of methoxy groups -OCH3 is 1. The van der Waals surface area contributed by atoms with E-state index in [1.165, 1.54) is 12.4 Å². The first-order valence-corrected chi connectivity index (χ1v) is 6.33. The second-order valence-corrected chi connectivity index (χ2v) is 4.21. The summed E-state index contributed by atoms with van der Waals surface area (Å²) in [6.45, 7) is 2.48. The number of anilines is 1. The molecule has 0 aliphatic heterocycles. The first-order chi connectivity index (χ1) is 9.76. The van der Waals surface area contributed by atoms with Gasteiger partial charge in [-0.15, -0.1) is 0 Å². The summed E-state index contributed by atoms with van der Waals surface area (Å²) in [5.74, 6) is 2.28. The molecule has 2 aromatic heterocycles. The lowest BCUT2D eigenvalue weighted by molar-refractivity contribution is 0.178. The highest BCUT2D eigenvalue weighted by molar-refractivity contribution is 5.36. The number of ether oxygens (including phenoxy) is 1. The number of aromatic nitrogens is 2. The summed E-state index contributed by atoms with van der Waals surface area (Å²) < 4.78 is 10.9. The summed E-state index contributed by atoms with van der Waals surface area (Å²) in [6, 6.07) is 5.65. The molecule has 1 atom stereocenters. The molecule has 0 radical (unpaired) electrons. The van der Waals surface area contributed by atoms with E-state index in [0.29, 0.717) is 12.4 Å². The van der Waals surface area contributed by atoms with Crippen LogP contribution in [0, 0.1) is 11.3 Å². The van der Waals surface area contributed by atoms with Gasteiger partial charge in [0.1, 0.15) is 29.4 Å². The van der Waals surface area contributed by atoms with E-state index in [0.717, 1.165) is 17.9 Å². The molecule has 0 aliphatic rings. The van der Waals surface area contributed by atoms with Crippen LogP contribution in [0.4, 0.5) is 5.82 Å². The van der Waals surface area contributed by atoms with E-state index in [4.69, 9.17) is 14.4 Å². The van der Waals surface area contributed by atoms with E-state index in [2.05, 4.69) is 15.3 Å². The molecular formula is C14H16N4O2. The van der Waals surface area contributed by atoms with Gasteiger partial charge in [-0.1, -0.05) is 6.92 Å². The molecule has 0 spiro atoms. The number of aryl methyl sites for hydroxylation is 1. The van der Waals surface area contributed by atoms with Crippen molar-refractivity contribution in [1.82, 2.24) is 9.97 Å². The van der Waals surface area contributed by atoms with Crippen LogP contribution in [-0.2, 0) is 11.2 Å². The topological polar surface area (TPSA) is 84.0 Å². The fourth-order valence-electron chi connectivity index (χ4n) is 1.77. The predicted molar refractivity (Wildman–Crippen MR) is 73.1 cm³/mol. The Morgan fingerprint density at radius 2 is 2.25 bits per heavy atom. The molecular weight excluding hydrogens is 256 g/mol. The number of nitrogens with zero attached hydrogens (tertiary/aromatic N) is 3. The largest absolute Gasteiger partial charge is 0.464 e. The predicted octanol–water partition coefficient (Wildman–Crippen LogP) is 2.30. The van der Waals surface area contributed by atoms with Gasteiger partial charge in [0.25, 0.3) is 0 Å². The summed E-state index contributed by atoms with van der Waals surface area (Å²) in [5.41, 5.74) is 0.283. The van der Waals surface area contributed by atoms with Crippen LogP contribution in [0.5, 0.6) is 0 Å². The Hall–Kier alpha value is -2.39. The summed E-state index contributed by atoms with van der Waals surface area (Å²) in [5, 5.41) is 11.9. The van der Waals surface area contributed by atoms with Crippen molar-refractivity contribution < 1.29 is 9.15 Å². The van der Waals surface area contributed by atoms with Crippen LogP contribution in [0.15, 0.2) is 28.9 Å². The Labute approximate surface area is 117 Å². The number of hydrogen-bond acceptors (Lipinski definition) is 6. The van der Waals surface area contributed by atoms with Crippen LogP contribution >= 0.6 is 0 Å². The highest BCUT2D eigenvalue weighted by Crippen LogP contribution is 2.21. The molecule has 6 nitrogen and oxygen atoms in total. The molecule has 20 heavy (non-hydrogen) atoms. The van der Waals surface area contributed by atoms with Crippen molar-refractivity contribution in [2.24, 2.45) is 0 Å². The van der Waals surface area contributed by atoms with Gasteiger partial charge in [-0.25, -0.2) is 9.97 Å². The first kappa shape index (κ1) is 14.0. The van der Waals surface area contributed by atoms with Gasteiger partial charge in [-0.3, -0.25) is 0 Å². The van der Waals surface area contributed by atoms with Gasteiger partial charge >= 0.3 is 0 Å². The maximum atomic E-state index is 8.69. The number of hydrogen-bond donors (Lipinski definition) is 1. The van der Waals surface area contributed by atoms with Crippen molar-refractivity contribution >= 4 is 5.82 Å². The molecule has 6 heteroatoms. The van der Waals surface area contributed by atoms with Crippen molar-refractivity contribution in [2.75, 3.05) is 19.0 Å². The van der Waals surface area contributed by atoms with E-state index < -0.39 is 0 Å². The Balaban J connectivity index is 2.14. The van der Waals surface area contributed by atoms with Crippen LogP contribution in [0.3, 0.4) is 0 Å². The molecule has 1 N–H and O–H groups in total. The Morgan fingerprint density at radius 1 is 1.40 bits per heavy atom. The average Bonchev–Trinajstić information content (AvgIpc) is 2.96. The molecule has 0 fully saturated rings. The second kappa shape index (κ2) is 6.68. The molecule has 2 aromatic rings. The van der Waals surface area contributed by atoms with Gasteiger partial charge in [0.2, 0.25) is 0 Å². The maximum absolute atomic E-state index is 8.69. The molecule has 0 saturated carbocycles. The molecule has 0 amide bonds. The van der Waals surface area contributed by atoms with Gasteiger partial charge < -0.3 is 14.5 Å². The standard InChI is InChI=1S/C14H16N4O2/c1-3-11-4-5-13(20-11)12(9-19-2)18-14-8-16-10(6-15)7-17-14/h4-5,7-8,12H,3,9H2,1-2H3,(H,17,18). The zero-order valence-electron chi connectivity index (χ0n) is 11.5. The third kappa shape index (κ3) is 3.33. The molecule has 104 valence electrons. The average molecular weight is 272 g/mol. The third-order valence-electron chi connectivity index (χ3n) is 2.80. The van der Waals surface area contributed by atoms with Gasteiger partial charge in [0.15, 0.2) is 5.69 Å². The Bertz CT molecular complexity index is 586. The van der Waals surface area contributed by atoms with Gasteiger partial charge in [-0.2, -0.15) is 5.26 Å². The Kier molecular flexibility index (Phi) is 4.69. The maximum Gasteiger partial charge on any atom is 0.158 e. The zero-order chi connectivity index (χ0) is 14.4. The molecule has 0 aliphatic carbocycles. The van der Waals surface area contributed by atoms with Crippen molar-refractivity contribution in [2.45, 2.75) is 19.4 Å². The highest BCUT2D eigenvalue weighted by atomic mass is 16.5. The van der Waals surface area contributed by atoms with E-state index in [-0.39, 0.29) is 11.7 Å². The lowest BCUT2D eigenvalue weighted by Gasteiger charge is -2.16. The van der Waals surface area contributed by atoms with E-state index in [1.807, 2.05) is 25.1 Å². The molecule has 0 aromatic carbocycles. The highest BCUT2D eigenvalue weighted by Gasteiger charge is 2.16. The van der Waals surface area contributed by atoms with Crippen molar-refractivity contribution in [3.8, 4) is 6.07 Å². The second-order valence-electron chi connectivity index (χ2n) is 4.21. The summed E-state index contributed by atoms with van der Waals surface area (Å²) >= 11 is 0. The fourth-order valence-corrected chi connectivity index (χ4v) is 1.77. The minimum absolute atomic E-state index is 0.150. The van der Waals surface area contributed by atoms with Crippen molar-refractivity contribution in [3.63, 3.8) is 0 Å². The van der Waals surface area contributed by atoms with Crippen LogP contribution < -0.4 is 5.32 Å². The smallest absolute Gasteiger partial charge is 0.158 e. The number of rotatable bonds is 6. The van der Waals surface area contributed by atoms with Crippen LogP contribution in [0.1, 0.15) is 30.2 Å². The van der Waals surface area contributed by atoms with Gasteiger partial charge in [0.05, 0.1) is 19.0 Å². The summed E-state index contributed by atoms with van der Waals surface area (Å²) in [6.07, 6.45) is 3.78. The number of nitrogens with one attached hydrogen (secondary N) is 1. The van der Waals surface area contributed by atoms with Crippen molar-refractivity contribution in [3.05, 3.63) is 41.7 Å². The van der Waals surface area contributed by atoms with Crippen molar-refractivity contribution in [1.29, 1.82) is 5.26 Å². The van der Waals surface area contributed by atoms with Crippen LogP contribution in [0.2, 0.25) is 0 Å². The fraction of sp³-hybridized carbons (Fsp3) is 0.357. The monoisotopic (exact) mass is 272 g/mol. The van der Waals surface area contributed by atoms with E-state index in [9.17, 15) is 0 Å². The van der Waals surface area contributed by atoms with Crippen LogP contribution in [-0.4, -0.2) is 23.7 Å². The summed E-state index contributed by atoms with van der Waals surface area (Å²) in [4.78, 5) is 8.10. The van der Waals surface area contributed by atoms with E-state index >= 15 is 0 Å². The lowest BCUT2D eigenvalue weighted by Crippen LogP contribution is -2.16. The molecule has 1 unspecified atom stereocenters. The van der Waals surface area contributed by atoms with Gasteiger partial charge in [-0.05, 0) is 12.1 Å². The minimum atomic E-state index is -0.150. The number of nitriles is 1. The minimum Gasteiger partial charge on any atom is -0.464 e. The molecule has 0 bridgehead atoms. The zero-order valence-corrected chi connectivity index (χ0v) is 11.5. The third-order valence-corrected chi connectivity index (χ3v) is 2.80. The Morgan fingerprint density at radius 3 is 2.80 bits per heavy atom. The SMILES string of the molecule is CCc1ccc(C(COC)Nc2cnc(C#N)cn2)o1. The van der Waals surface area contributed by atoms with Gasteiger partial charge in [0, 0.05) is 13.5 Å². The number of furan rings is 1. The lowest BCUT2D eigenvalue weighted by atomic mass is 10.2. The molecule has 0 saturated heterocycles. The van der Waals surface area contributed by atoms with Crippen LogP contribution in [0.25, 0.3) is 0 Å². The first-order valence-electron chi connectivity index (χ1n) is 6.33. The normalized spacial score (nSPS) is 11.8. The quantitative estimate of drug-likeness (QED) is 0.868. The molecule has 2 heterocycles. The van der Waals surface area contributed by atoms with E-state index in [1.54, 1.807) is 7.11 Å². The summed E-state index contributed by atoms with van der Waals surface area (Å²) in [7, 11) is 1.63.